The largest absolute Gasteiger partial charge is 0.387 e. The van der Waals surface area contributed by atoms with E-state index < -0.39 is 24.6 Å². The van der Waals surface area contributed by atoms with Crippen LogP contribution in [0.25, 0.3) is 32.2 Å². The van der Waals surface area contributed by atoms with Gasteiger partial charge in [-0.2, -0.15) is 0 Å². The Morgan fingerprint density at radius 3 is 2.31 bits per heavy atom. The Balaban J connectivity index is 0.908. The Morgan fingerprint density at radius 2 is 1.62 bits per heavy atom. The number of benzene rings is 2. The van der Waals surface area contributed by atoms with Gasteiger partial charge in [-0.25, -0.2) is 9.97 Å². The predicted octanol–water partition coefficient (Wildman–Crippen LogP) is 5.30. The topological polar surface area (TPSA) is 177 Å². The van der Waals surface area contributed by atoms with E-state index in [1.165, 1.54) is 6.92 Å². The van der Waals surface area contributed by atoms with Gasteiger partial charge in [0.05, 0.1) is 34.5 Å². The molecule has 2 aromatic carbocycles. The number of aromatic amines is 1. The average molecular weight is 802 g/mol. The summed E-state index contributed by atoms with van der Waals surface area (Å²) in [4.78, 5) is 74.9. The maximum absolute atomic E-state index is 13.9. The molecule has 0 bridgehead atoms. The summed E-state index contributed by atoms with van der Waals surface area (Å²) in [5.41, 5.74) is 6.44. The fourth-order valence-electron chi connectivity index (χ4n) is 8.26. The normalized spacial score (nSPS) is 19.1. The van der Waals surface area contributed by atoms with Crippen LogP contribution in [-0.2, 0) is 19.2 Å². The Kier molecular flexibility index (Phi) is 11.1. The summed E-state index contributed by atoms with van der Waals surface area (Å²) in [7, 11) is 0. The molecule has 0 radical (unpaired) electrons. The lowest BCUT2D eigenvalue weighted by Gasteiger charge is -2.30. The number of amides is 4. The van der Waals surface area contributed by atoms with Crippen LogP contribution in [0.2, 0.25) is 0 Å². The highest BCUT2D eigenvalue weighted by atomic mass is 32.1. The molecule has 4 N–H and O–H groups in total. The van der Waals surface area contributed by atoms with E-state index in [1.807, 2.05) is 65.9 Å². The van der Waals surface area contributed by atoms with E-state index in [4.69, 9.17) is 9.98 Å². The second-order valence-electron chi connectivity index (χ2n) is 15.5. The number of allylic oxidation sites excluding steroid dienone is 1. The standard InChI is InChI=1S/C43H47N9O5S/c1-25(2)38(49-37(55)24-53)41(56)52-18-8-12-35(52)40-45-21-32(47-40)27-13-15-28(16-14-27)36-23-50-22-33(48-43(50)58-36)30-19-31(44-20-30)34-11-7-17-51(34)42(57)39(46-26(3)54)29-9-5-4-6-10-29/h4-6,9-10,13-16,20-23,25,34-35,38-39,53H,7-8,11-12,17-19,24H2,1-3H3,(H,45,47)(H,46,54)(H,49,55)/t34?,35-,38-,39-/m0/s1. The van der Waals surface area contributed by atoms with E-state index in [0.29, 0.717) is 25.3 Å². The molecule has 5 aromatic rings. The van der Waals surface area contributed by atoms with Crippen LogP contribution in [0.4, 0.5) is 0 Å². The number of likely N-dealkylation sites (tertiary alicyclic amines) is 2. The smallest absolute Gasteiger partial charge is 0.250 e. The summed E-state index contributed by atoms with van der Waals surface area (Å²) < 4.78 is 2.04. The predicted molar refractivity (Wildman–Crippen MR) is 221 cm³/mol. The van der Waals surface area contributed by atoms with Crippen molar-refractivity contribution < 1.29 is 24.3 Å². The number of nitrogens with one attached hydrogen (secondary N) is 3. The summed E-state index contributed by atoms with van der Waals surface area (Å²) >= 11 is 1.60. The van der Waals surface area contributed by atoms with Crippen LogP contribution in [0.15, 0.2) is 84.4 Å². The average Bonchev–Trinajstić information content (AvgIpc) is 4.08. The SMILES string of the molecule is CC(=O)N[C@H](C(=O)N1CCCC1C1=NC=C(c2cn3cc(-c4ccc(-c5cnc([C@@H]6CCCN6C(=O)[C@@H](NC(=O)CO)C(C)C)[nH]5)cc4)sc3n2)C1)c1ccccc1. The first-order valence-corrected chi connectivity index (χ1v) is 20.6. The molecule has 15 heteroatoms. The molecule has 1 unspecified atom stereocenters. The third-order valence-electron chi connectivity index (χ3n) is 11.2. The summed E-state index contributed by atoms with van der Waals surface area (Å²) in [6.45, 7) is 5.71. The van der Waals surface area contributed by atoms with E-state index >= 15 is 0 Å². The quantitative estimate of drug-likeness (QED) is 0.132. The number of hydrogen-bond donors (Lipinski definition) is 4. The molecule has 0 aliphatic carbocycles. The number of imidazole rings is 2. The lowest BCUT2D eigenvalue weighted by Crippen LogP contribution is -2.51. The first-order valence-electron chi connectivity index (χ1n) is 19.8. The second-order valence-corrected chi connectivity index (χ2v) is 16.5. The maximum atomic E-state index is 13.9. The van der Waals surface area contributed by atoms with Crippen molar-refractivity contribution in [3.63, 3.8) is 0 Å². The molecule has 4 atom stereocenters. The number of carbonyl (C=O) groups excluding carboxylic acids is 4. The van der Waals surface area contributed by atoms with E-state index in [0.717, 1.165) is 74.9 Å². The lowest BCUT2D eigenvalue weighted by atomic mass is 10.0. The molecule has 3 aliphatic rings. The lowest BCUT2D eigenvalue weighted by molar-refractivity contribution is -0.139. The number of carbonyl (C=O) groups is 4. The van der Waals surface area contributed by atoms with Crippen LogP contribution in [0.1, 0.15) is 82.0 Å². The van der Waals surface area contributed by atoms with E-state index in [2.05, 4.69) is 51.1 Å². The number of hydrogen-bond acceptors (Lipinski definition) is 9. The number of aliphatic hydroxyl groups is 1. The first kappa shape index (κ1) is 38.9. The van der Waals surface area contributed by atoms with Crippen molar-refractivity contribution in [1.29, 1.82) is 0 Å². The number of nitrogens with zero attached hydrogens (tertiary/aromatic N) is 6. The molecule has 58 heavy (non-hydrogen) atoms. The zero-order valence-corrected chi connectivity index (χ0v) is 33.5. The summed E-state index contributed by atoms with van der Waals surface area (Å²) in [6, 6.07) is 15.8. The van der Waals surface area contributed by atoms with Gasteiger partial charge in [0.15, 0.2) is 4.96 Å². The number of aliphatic hydroxyl groups excluding tert-OH is 1. The number of aliphatic imine (C=N–C) groups is 1. The molecule has 0 spiro atoms. The highest BCUT2D eigenvalue weighted by Crippen LogP contribution is 2.36. The van der Waals surface area contributed by atoms with Crippen molar-refractivity contribution in [3.05, 3.63) is 96.5 Å². The second kappa shape index (κ2) is 16.5. The number of rotatable bonds is 12. The number of fused-ring (bicyclic) bond motifs is 1. The highest BCUT2D eigenvalue weighted by molar-refractivity contribution is 7.20. The van der Waals surface area contributed by atoms with Gasteiger partial charge in [0.2, 0.25) is 23.6 Å². The molecular weight excluding hydrogens is 755 g/mol. The molecule has 4 amide bonds. The van der Waals surface area contributed by atoms with Crippen LogP contribution in [0.5, 0.6) is 0 Å². The third-order valence-corrected chi connectivity index (χ3v) is 12.3. The van der Waals surface area contributed by atoms with Crippen molar-refractivity contribution in [2.24, 2.45) is 10.9 Å². The third kappa shape index (κ3) is 7.83. The molecule has 6 heterocycles. The van der Waals surface area contributed by atoms with Crippen molar-refractivity contribution in [1.82, 2.24) is 39.8 Å². The van der Waals surface area contributed by atoms with Crippen LogP contribution in [-0.4, -0.2) is 95.4 Å². The zero-order valence-electron chi connectivity index (χ0n) is 32.7. The van der Waals surface area contributed by atoms with Gasteiger partial charge in [-0.15, -0.1) is 0 Å². The minimum absolute atomic E-state index is 0.120. The van der Waals surface area contributed by atoms with Crippen molar-refractivity contribution in [2.75, 3.05) is 19.7 Å². The summed E-state index contributed by atoms with van der Waals surface area (Å²) in [6.07, 6.45) is 11.7. The molecule has 3 aromatic heterocycles. The van der Waals surface area contributed by atoms with Crippen LogP contribution >= 0.6 is 11.3 Å². The molecule has 300 valence electrons. The van der Waals surface area contributed by atoms with E-state index in [9.17, 15) is 24.3 Å². The molecule has 2 saturated heterocycles. The van der Waals surface area contributed by atoms with E-state index in [-0.39, 0.29) is 35.7 Å². The molecule has 0 saturated carbocycles. The summed E-state index contributed by atoms with van der Waals surface area (Å²) in [5.74, 6) is -0.538. The van der Waals surface area contributed by atoms with Crippen molar-refractivity contribution in [3.8, 4) is 21.7 Å². The van der Waals surface area contributed by atoms with Crippen molar-refractivity contribution in [2.45, 2.75) is 77.0 Å². The van der Waals surface area contributed by atoms with Gasteiger partial charge in [-0.3, -0.25) is 28.6 Å². The van der Waals surface area contributed by atoms with E-state index in [1.54, 1.807) is 22.4 Å². The Bertz CT molecular complexity index is 2360. The molecule has 14 nitrogen and oxygen atoms in total. The minimum Gasteiger partial charge on any atom is -0.387 e. The fourth-order valence-corrected chi connectivity index (χ4v) is 9.24. The van der Waals surface area contributed by atoms with Crippen LogP contribution in [0, 0.1) is 5.92 Å². The molecule has 2 fully saturated rings. The number of aromatic nitrogens is 4. The molecular formula is C43H47N9O5S. The first-order chi connectivity index (χ1) is 28.1. The van der Waals surface area contributed by atoms with Gasteiger partial charge < -0.3 is 30.5 Å². The molecule has 3 aliphatic heterocycles. The van der Waals surface area contributed by atoms with Crippen LogP contribution in [0.3, 0.4) is 0 Å². The van der Waals surface area contributed by atoms with Gasteiger partial charge >= 0.3 is 0 Å². The maximum Gasteiger partial charge on any atom is 0.250 e. The number of H-pyrrole nitrogens is 1. The fraction of sp³-hybridized carbons (Fsp3) is 0.372. The monoisotopic (exact) mass is 801 g/mol. The van der Waals surface area contributed by atoms with Gasteiger partial charge in [-0.1, -0.05) is 79.8 Å². The van der Waals surface area contributed by atoms with Gasteiger partial charge in [-0.05, 0) is 48.3 Å². The summed E-state index contributed by atoms with van der Waals surface area (Å²) in [5, 5.41) is 14.8. The Hall–Kier alpha value is -5.93. The van der Waals surface area contributed by atoms with Gasteiger partial charge in [0.25, 0.3) is 0 Å². The van der Waals surface area contributed by atoms with Crippen LogP contribution < -0.4 is 10.6 Å². The highest BCUT2D eigenvalue weighted by Gasteiger charge is 2.39. The number of thiazole rings is 1. The zero-order chi connectivity index (χ0) is 40.5. The van der Waals surface area contributed by atoms with Crippen molar-refractivity contribution >= 4 is 51.2 Å². The Labute approximate surface area is 340 Å². The Morgan fingerprint density at radius 1 is 0.914 bits per heavy atom. The van der Waals surface area contributed by atoms with Gasteiger partial charge in [0.1, 0.15) is 24.5 Å². The minimum atomic E-state index is -0.746. The van der Waals surface area contributed by atoms with Gasteiger partial charge in [0, 0.05) is 56.3 Å². The molecule has 8 rings (SSSR count).